The Kier molecular flexibility index (Phi) is 6.60. The van der Waals surface area contributed by atoms with Crippen molar-refractivity contribution in [1.82, 2.24) is 15.1 Å². The second-order valence-corrected chi connectivity index (χ2v) is 5.04. The summed E-state index contributed by atoms with van der Waals surface area (Å²) < 4.78 is 0. The van der Waals surface area contributed by atoms with Crippen LogP contribution < -0.4 is 5.32 Å². The molecule has 0 aromatic rings. The van der Waals surface area contributed by atoms with Gasteiger partial charge in [0.05, 0.1) is 0 Å². The number of nitrogens with zero attached hydrogens (tertiary/aromatic N) is 2. The molecule has 2 atom stereocenters. The van der Waals surface area contributed by atoms with Gasteiger partial charge in [0, 0.05) is 38.8 Å². The number of hydrogen-bond acceptors (Lipinski definition) is 4. The Morgan fingerprint density at radius 3 is 2.33 bits per heavy atom. The van der Waals surface area contributed by atoms with Crippen LogP contribution in [0.25, 0.3) is 0 Å². The van der Waals surface area contributed by atoms with Gasteiger partial charge in [-0.3, -0.25) is 14.6 Å². The fraction of sp³-hybridized carbons (Fsp3) is 0.923. The van der Waals surface area contributed by atoms with Gasteiger partial charge in [-0.15, -0.1) is 0 Å². The van der Waals surface area contributed by atoms with E-state index in [1.807, 2.05) is 6.92 Å². The molecular formula is C13H27N3O2. The van der Waals surface area contributed by atoms with Crippen LogP contribution in [0.3, 0.4) is 0 Å². The first-order chi connectivity index (χ1) is 8.58. The molecule has 1 heterocycles. The van der Waals surface area contributed by atoms with Gasteiger partial charge in [0.25, 0.3) is 0 Å². The van der Waals surface area contributed by atoms with E-state index in [1.54, 1.807) is 0 Å². The number of carboxylic acid groups (broad SMARTS) is 1. The highest BCUT2D eigenvalue weighted by Gasteiger charge is 2.24. The molecule has 1 aliphatic rings. The van der Waals surface area contributed by atoms with Crippen LogP contribution in [0, 0.1) is 0 Å². The molecule has 18 heavy (non-hydrogen) atoms. The summed E-state index contributed by atoms with van der Waals surface area (Å²) in [5.41, 5.74) is 0. The van der Waals surface area contributed by atoms with Gasteiger partial charge in [0.15, 0.2) is 0 Å². The van der Waals surface area contributed by atoms with E-state index in [2.05, 4.69) is 29.0 Å². The number of nitrogens with one attached hydrogen (secondary N) is 1. The van der Waals surface area contributed by atoms with Crippen molar-refractivity contribution in [3.8, 4) is 0 Å². The summed E-state index contributed by atoms with van der Waals surface area (Å²) in [5.74, 6) is -0.749. The fourth-order valence-corrected chi connectivity index (χ4v) is 2.38. The van der Waals surface area contributed by atoms with Gasteiger partial charge >= 0.3 is 5.97 Å². The molecule has 1 saturated heterocycles. The Balaban J connectivity index is 2.36. The van der Waals surface area contributed by atoms with Gasteiger partial charge in [-0.05, 0) is 19.9 Å². The summed E-state index contributed by atoms with van der Waals surface area (Å²) in [6, 6.07) is 0.196. The largest absolute Gasteiger partial charge is 0.480 e. The Bertz CT molecular complexity index is 253. The van der Waals surface area contributed by atoms with Gasteiger partial charge < -0.3 is 10.4 Å². The van der Waals surface area contributed by atoms with E-state index >= 15 is 0 Å². The van der Waals surface area contributed by atoms with E-state index in [0.29, 0.717) is 19.1 Å². The Morgan fingerprint density at radius 1 is 1.28 bits per heavy atom. The Labute approximate surface area is 110 Å². The highest BCUT2D eigenvalue weighted by atomic mass is 16.4. The summed E-state index contributed by atoms with van der Waals surface area (Å²) in [6.45, 7) is 11.8. The van der Waals surface area contributed by atoms with Crippen LogP contribution in [0.15, 0.2) is 0 Å². The number of carboxylic acids is 1. The first-order valence-corrected chi connectivity index (χ1v) is 7.01. The summed E-state index contributed by atoms with van der Waals surface area (Å²) >= 11 is 0. The van der Waals surface area contributed by atoms with Gasteiger partial charge in [0.1, 0.15) is 6.04 Å². The number of rotatable bonds is 7. The van der Waals surface area contributed by atoms with E-state index in [9.17, 15) is 4.79 Å². The molecule has 5 nitrogen and oxygen atoms in total. The van der Waals surface area contributed by atoms with Gasteiger partial charge in [0.2, 0.25) is 0 Å². The molecule has 106 valence electrons. The van der Waals surface area contributed by atoms with Crippen LogP contribution in [0.5, 0.6) is 0 Å². The lowest BCUT2D eigenvalue weighted by Gasteiger charge is -2.38. The maximum absolute atomic E-state index is 11.1. The molecule has 2 unspecified atom stereocenters. The minimum atomic E-state index is -0.749. The lowest BCUT2D eigenvalue weighted by atomic mass is 10.1. The molecule has 1 rings (SSSR count). The molecular weight excluding hydrogens is 230 g/mol. The molecule has 0 amide bonds. The molecule has 1 fully saturated rings. The van der Waals surface area contributed by atoms with E-state index in [4.69, 9.17) is 5.11 Å². The van der Waals surface area contributed by atoms with Crippen LogP contribution in [0.4, 0.5) is 0 Å². The topological polar surface area (TPSA) is 55.8 Å². The van der Waals surface area contributed by atoms with E-state index in [1.165, 1.54) is 6.42 Å². The van der Waals surface area contributed by atoms with E-state index < -0.39 is 12.0 Å². The third kappa shape index (κ3) is 4.55. The predicted octanol–water partition coefficient (Wildman–Crippen LogP) is 0.465. The zero-order valence-corrected chi connectivity index (χ0v) is 11.9. The molecule has 1 aliphatic heterocycles. The molecule has 0 aromatic carbocycles. The van der Waals surface area contributed by atoms with Crippen molar-refractivity contribution in [2.45, 2.75) is 39.3 Å². The second-order valence-electron chi connectivity index (χ2n) is 5.04. The minimum absolute atomic E-state index is 0.440. The van der Waals surface area contributed by atoms with Crippen molar-refractivity contribution in [3.05, 3.63) is 0 Å². The number of hydrogen-bond donors (Lipinski definition) is 2. The summed E-state index contributed by atoms with van der Waals surface area (Å²) in [6.07, 6.45) is 1.18. The van der Waals surface area contributed by atoms with Crippen molar-refractivity contribution in [2.75, 3.05) is 39.3 Å². The van der Waals surface area contributed by atoms with Crippen molar-refractivity contribution in [3.63, 3.8) is 0 Å². The number of carbonyl (C=O) groups is 1. The van der Waals surface area contributed by atoms with E-state index in [-0.39, 0.29) is 0 Å². The normalized spacial score (nSPS) is 21.7. The zero-order chi connectivity index (χ0) is 13.5. The average Bonchev–Trinajstić information content (AvgIpc) is 2.38. The molecule has 2 N–H and O–H groups in total. The van der Waals surface area contributed by atoms with Crippen LogP contribution >= 0.6 is 0 Å². The summed E-state index contributed by atoms with van der Waals surface area (Å²) in [4.78, 5) is 15.8. The molecule has 0 spiro atoms. The van der Waals surface area contributed by atoms with Gasteiger partial charge in [-0.1, -0.05) is 13.8 Å². The van der Waals surface area contributed by atoms with E-state index in [0.717, 1.165) is 26.2 Å². The van der Waals surface area contributed by atoms with Crippen molar-refractivity contribution >= 4 is 5.97 Å². The Hall–Kier alpha value is -0.650. The standard InChI is InChI=1S/C13H27N3O2/c1-4-11(3)16-8-6-15(7-9-16)10-12(13(17)18)14-5-2/h11-12,14H,4-10H2,1-3H3,(H,17,18). The average molecular weight is 257 g/mol. The Morgan fingerprint density at radius 2 is 1.89 bits per heavy atom. The summed E-state index contributed by atoms with van der Waals surface area (Å²) in [7, 11) is 0. The van der Waals surface area contributed by atoms with Crippen molar-refractivity contribution < 1.29 is 9.90 Å². The molecule has 5 heteroatoms. The maximum atomic E-state index is 11.1. The van der Waals surface area contributed by atoms with Gasteiger partial charge in [-0.25, -0.2) is 0 Å². The predicted molar refractivity (Wildman–Crippen MR) is 72.9 cm³/mol. The lowest BCUT2D eigenvalue weighted by molar-refractivity contribution is -0.140. The fourth-order valence-electron chi connectivity index (χ4n) is 2.38. The molecule has 0 radical (unpaired) electrons. The highest BCUT2D eigenvalue weighted by molar-refractivity contribution is 5.73. The number of likely N-dealkylation sites (N-methyl/N-ethyl adjacent to an activating group) is 1. The molecule has 0 aliphatic carbocycles. The van der Waals surface area contributed by atoms with Crippen molar-refractivity contribution in [1.29, 1.82) is 0 Å². The van der Waals surface area contributed by atoms with Crippen LogP contribution in [0.2, 0.25) is 0 Å². The second kappa shape index (κ2) is 7.71. The zero-order valence-electron chi connectivity index (χ0n) is 11.9. The van der Waals surface area contributed by atoms with Crippen LogP contribution in [-0.4, -0.2) is 72.2 Å². The SMILES string of the molecule is CCNC(CN1CCN(C(C)CC)CC1)C(=O)O. The van der Waals surface area contributed by atoms with Crippen LogP contribution in [-0.2, 0) is 4.79 Å². The summed E-state index contributed by atoms with van der Waals surface area (Å²) in [5, 5.41) is 12.1. The quantitative estimate of drug-likeness (QED) is 0.694. The minimum Gasteiger partial charge on any atom is -0.480 e. The third-order valence-electron chi connectivity index (χ3n) is 3.81. The molecule has 0 aromatic heterocycles. The van der Waals surface area contributed by atoms with Crippen LogP contribution in [0.1, 0.15) is 27.2 Å². The first kappa shape index (κ1) is 15.4. The third-order valence-corrected chi connectivity index (χ3v) is 3.81. The monoisotopic (exact) mass is 257 g/mol. The molecule has 0 bridgehead atoms. The lowest BCUT2D eigenvalue weighted by Crippen LogP contribution is -2.54. The number of piperazine rings is 1. The smallest absolute Gasteiger partial charge is 0.322 e. The van der Waals surface area contributed by atoms with Gasteiger partial charge in [-0.2, -0.15) is 0 Å². The molecule has 0 saturated carbocycles. The van der Waals surface area contributed by atoms with Crippen molar-refractivity contribution in [2.24, 2.45) is 0 Å². The number of aliphatic carboxylic acids is 1. The highest BCUT2D eigenvalue weighted by Crippen LogP contribution is 2.09. The first-order valence-electron chi connectivity index (χ1n) is 7.01. The maximum Gasteiger partial charge on any atom is 0.322 e.